The van der Waals surface area contributed by atoms with E-state index in [-0.39, 0.29) is 17.6 Å². The predicted octanol–water partition coefficient (Wildman–Crippen LogP) is 3.72. The van der Waals surface area contributed by atoms with Crippen LogP contribution in [0, 0.1) is 0 Å². The molecule has 26 heavy (non-hydrogen) atoms. The number of hydrogen-bond acceptors (Lipinski definition) is 3. The third-order valence-corrected chi connectivity index (χ3v) is 5.77. The number of carbonyl (C=O) groups excluding carboxylic acids is 1. The normalized spacial score (nSPS) is 22.0. The first-order valence-corrected chi connectivity index (χ1v) is 9.84. The summed E-state index contributed by atoms with van der Waals surface area (Å²) in [6.45, 7) is 3.34. The lowest BCUT2D eigenvalue weighted by atomic mass is 9.89. The SMILES string of the molecule is CCOc1cccc2[nH]cc(CC(=O)NC3CCOC4(CCCC4)C3)c12. The van der Waals surface area contributed by atoms with Crippen LogP contribution >= 0.6 is 0 Å². The van der Waals surface area contributed by atoms with Crippen LogP contribution in [0.3, 0.4) is 0 Å². The van der Waals surface area contributed by atoms with E-state index >= 15 is 0 Å². The van der Waals surface area contributed by atoms with E-state index in [1.807, 2.05) is 31.3 Å². The van der Waals surface area contributed by atoms with E-state index in [0.717, 1.165) is 54.5 Å². The molecule has 1 saturated carbocycles. The van der Waals surface area contributed by atoms with Gasteiger partial charge in [-0.3, -0.25) is 4.79 Å². The molecule has 1 amide bonds. The molecule has 1 aliphatic carbocycles. The van der Waals surface area contributed by atoms with Gasteiger partial charge in [-0.1, -0.05) is 18.9 Å². The molecule has 140 valence electrons. The fraction of sp³-hybridized carbons (Fsp3) is 0.571. The number of ether oxygens (including phenoxy) is 2. The molecule has 1 unspecified atom stereocenters. The van der Waals surface area contributed by atoms with Crippen LogP contribution in [0.15, 0.2) is 24.4 Å². The van der Waals surface area contributed by atoms with Gasteiger partial charge in [0.2, 0.25) is 5.91 Å². The predicted molar refractivity (Wildman–Crippen MR) is 101 cm³/mol. The first kappa shape index (κ1) is 17.4. The highest BCUT2D eigenvalue weighted by atomic mass is 16.5. The molecule has 4 rings (SSSR count). The third-order valence-electron chi connectivity index (χ3n) is 5.77. The summed E-state index contributed by atoms with van der Waals surface area (Å²) < 4.78 is 11.8. The molecule has 1 spiro atoms. The molecule has 1 aromatic carbocycles. The van der Waals surface area contributed by atoms with Crippen molar-refractivity contribution >= 4 is 16.8 Å². The van der Waals surface area contributed by atoms with E-state index in [0.29, 0.717) is 13.0 Å². The molecular formula is C21H28N2O3. The monoisotopic (exact) mass is 356 g/mol. The number of hydrogen-bond donors (Lipinski definition) is 2. The zero-order valence-corrected chi connectivity index (χ0v) is 15.5. The average Bonchev–Trinajstić information content (AvgIpc) is 3.23. The van der Waals surface area contributed by atoms with Crippen LogP contribution in [-0.2, 0) is 16.0 Å². The summed E-state index contributed by atoms with van der Waals surface area (Å²) in [7, 11) is 0. The number of rotatable bonds is 5. The fourth-order valence-corrected chi connectivity index (χ4v) is 4.61. The molecule has 2 aromatic rings. The second-order valence-electron chi connectivity index (χ2n) is 7.60. The van der Waals surface area contributed by atoms with Crippen LogP contribution in [0.2, 0.25) is 0 Å². The van der Waals surface area contributed by atoms with Gasteiger partial charge in [0.15, 0.2) is 0 Å². The van der Waals surface area contributed by atoms with Crippen LogP contribution < -0.4 is 10.1 Å². The minimum absolute atomic E-state index is 0.0269. The van der Waals surface area contributed by atoms with Crippen molar-refractivity contribution in [3.05, 3.63) is 30.0 Å². The van der Waals surface area contributed by atoms with E-state index in [1.165, 1.54) is 12.8 Å². The Labute approximate surface area is 154 Å². The van der Waals surface area contributed by atoms with Gasteiger partial charge < -0.3 is 19.8 Å². The highest BCUT2D eigenvalue weighted by molar-refractivity contribution is 5.93. The number of benzene rings is 1. The lowest BCUT2D eigenvalue weighted by Gasteiger charge is -2.38. The number of amides is 1. The standard InChI is InChI=1S/C21H28N2O3/c1-2-25-18-7-5-6-17-20(18)15(14-22-17)12-19(24)23-16-8-11-26-21(13-16)9-3-4-10-21/h5-7,14,16,22H,2-4,8-13H2,1H3,(H,23,24). The number of fused-ring (bicyclic) bond motifs is 1. The van der Waals surface area contributed by atoms with Gasteiger partial charge in [0.25, 0.3) is 0 Å². The first-order valence-electron chi connectivity index (χ1n) is 9.84. The molecule has 0 bridgehead atoms. The van der Waals surface area contributed by atoms with Crippen molar-refractivity contribution in [3.63, 3.8) is 0 Å². The number of nitrogens with one attached hydrogen (secondary N) is 2. The summed E-state index contributed by atoms with van der Waals surface area (Å²) in [4.78, 5) is 15.9. The Bertz CT molecular complexity index is 777. The zero-order chi connectivity index (χ0) is 18.0. The number of aromatic amines is 1. The largest absolute Gasteiger partial charge is 0.493 e. The molecule has 0 radical (unpaired) electrons. The van der Waals surface area contributed by atoms with Crippen molar-refractivity contribution in [2.24, 2.45) is 0 Å². The van der Waals surface area contributed by atoms with Crippen molar-refractivity contribution in [2.75, 3.05) is 13.2 Å². The summed E-state index contributed by atoms with van der Waals surface area (Å²) in [5.74, 6) is 0.919. The summed E-state index contributed by atoms with van der Waals surface area (Å²) in [6, 6.07) is 6.17. The second-order valence-corrected chi connectivity index (χ2v) is 7.60. The van der Waals surface area contributed by atoms with Gasteiger partial charge in [0.1, 0.15) is 5.75 Å². The van der Waals surface area contributed by atoms with E-state index in [1.54, 1.807) is 0 Å². The van der Waals surface area contributed by atoms with Crippen LogP contribution in [0.4, 0.5) is 0 Å². The van der Waals surface area contributed by atoms with Crippen molar-refractivity contribution in [3.8, 4) is 5.75 Å². The van der Waals surface area contributed by atoms with Gasteiger partial charge in [-0.2, -0.15) is 0 Å². The Morgan fingerprint density at radius 1 is 1.38 bits per heavy atom. The van der Waals surface area contributed by atoms with Crippen molar-refractivity contribution in [1.29, 1.82) is 0 Å². The summed E-state index contributed by atoms with van der Waals surface area (Å²) >= 11 is 0. The Kier molecular flexibility index (Phi) is 4.90. The number of carbonyl (C=O) groups is 1. The number of H-pyrrole nitrogens is 1. The smallest absolute Gasteiger partial charge is 0.224 e. The van der Waals surface area contributed by atoms with Crippen LogP contribution in [-0.4, -0.2) is 35.7 Å². The highest BCUT2D eigenvalue weighted by Gasteiger charge is 2.40. The van der Waals surface area contributed by atoms with Crippen molar-refractivity contribution in [2.45, 2.75) is 63.5 Å². The molecule has 1 atom stereocenters. The second kappa shape index (κ2) is 7.31. The molecule has 5 heteroatoms. The van der Waals surface area contributed by atoms with Gasteiger partial charge in [-0.15, -0.1) is 0 Å². The minimum atomic E-state index is 0.0269. The fourth-order valence-electron chi connectivity index (χ4n) is 4.61. The molecule has 5 nitrogen and oxygen atoms in total. The third kappa shape index (κ3) is 3.45. The highest BCUT2D eigenvalue weighted by Crippen LogP contribution is 2.40. The topological polar surface area (TPSA) is 63.4 Å². The lowest BCUT2D eigenvalue weighted by molar-refractivity contribution is -0.124. The van der Waals surface area contributed by atoms with Crippen molar-refractivity contribution < 1.29 is 14.3 Å². The Morgan fingerprint density at radius 3 is 3.04 bits per heavy atom. The van der Waals surface area contributed by atoms with E-state index in [9.17, 15) is 4.79 Å². The molecule has 2 heterocycles. The zero-order valence-electron chi connectivity index (χ0n) is 15.5. The molecule has 1 aromatic heterocycles. The van der Waals surface area contributed by atoms with Gasteiger partial charge in [0, 0.05) is 29.7 Å². The van der Waals surface area contributed by atoms with Crippen LogP contribution in [0.5, 0.6) is 5.75 Å². The Hall–Kier alpha value is -2.01. The van der Waals surface area contributed by atoms with Crippen LogP contribution in [0.1, 0.15) is 51.0 Å². The summed E-state index contributed by atoms with van der Waals surface area (Å²) in [5.41, 5.74) is 2.03. The van der Waals surface area contributed by atoms with Crippen LogP contribution in [0.25, 0.3) is 10.9 Å². The Balaban J connectivity index is 1.44. The molecule has 1 aliphatic heterocycles. The van der Waals surface area contributed by atoms with E-state index in [2.05, 4.69) is 10.3 Å². The maximum atomic E-state index is 12.7. The molecular weight excluding hydrogens is 328 g/mol. The van der Waals surface area contributed by atoms with Crippen molar-refractivity contribution in [1.82, 2.24) is 10.3 Å². The average molecular weight is 356 g/mol. The summed E-state index contributed by atoms with van der Waals surface area (Å²) in [5, 5.41) is 4.27. The quantitative estimate of drug-likeness (QED) is 0.858. The molecule has 2 fully saturated rings. The Morgan fingerprint density at radius 2 is 2.23 bits per heavy atom. The molecule has 1 saturated heterocycles. The van der Waals surface area contributed by atoms with Gasteiger partial charge in [0.05, 0.1) is 18.6 Å². The lowest BCUT2D eigenvalue weighted by Crippen LogP contribution is -2.47. The first-order chi connectivity index (χ1) is 12.7. The maximum Gasteiger partial charge on any atom is 0.224 e. The van der Waals surface area contributed by atoms with Gasteiger partial charge >= 0.3 is 0 Å². The minimum Gasteiger partial charge on any atom is -0.493 e. The van der Waals surface area contributed by atoms with E-state index in [4.69, 9.17) is 9.47 Å². The van der Waals surface area contributed by atoms with Gasteiger partial charge in [-0.25, -0.2) is 0 Å². The number of aromatic nitrogens is 1. The van der Waals surface area contributed by atoms with Gasteiger partial charge in [-0.05, 0) is 50.3 Å². The maximum absolute atomic E-state index is 12.7. The molecule has 2 N–H and O–H groups in total. The van der Waals surface area contributed by atoms with E-state index < -0.39 is 0 Å². The summed E-state index contributed by atoms with van der Waals surface area (Å²) in [6.07, 6.45) is 8.93. The molecule has 2 aliphatic rings.